The summed E-state index contributed by atoms with van der Waals surface area (Å²) in [6.07, 6.45) is 0. The summed E-state index contributed by atoms with van der Waals surface area (Å²) in [4.78, 5) is 10.6. The summed E-state index contributed by atoms with van der Waals surface area (Å²) in [5.41, 5.74) is 4.02. The van der Waals surface area contributed by atoms with E-state index in [4.69, 9.17) is 0 Å². The molecule has 0 bridgehead atoms. The zero-order chi connectivity index (χ0) is 12.6. The number of rotatable bonds is 5. The molecule has 0 amide bonds. The van der Waals surface area contributed by atoms with E-state index >= 15 is 0 Å². The summed E-state index contributed by atoms with van der Waals surface area (Å²) in [7, 11) is 0. The molecule has 18 heavy (non-hydrogen) atoms. The molecule has 0 aromatic heterocycles. The maximum atomic E-state index is 10.6. The number of benzene rings is 2. The normalized spacial score (nSPS) is 10.2. The van der Waals surface area contributed by atoms with Crippen LogP contribution in [0.4, 0.5) is 11.4 Å². The molecule has 0 fully saturated rings. The van der Waals surface area contributed by atoms with Crippen LogP contribution in [0.15, 0.2) is 76.4 Å². The number of para-hydroxylation sites is 2. The molecule has 0 radical (unpaired) electrons. The van der Waals surface area contributed by atoms with Gasteiger partial charge in [0, 0.05) is 0 Å². The van der Waals surface area contributed by atoms with Crippen LogP contribution in [0, 0.1) is 4.91 Å². The average Bonchev–Trinajstić information content (AvgIpc) is 2.46. The lowest BCUT2D eigenvalue weighted by Gasteiger charge is -2.06. The SMILES string of the molecule is O=NN(N=NNc1ccccc1)c1ccccc1. The van der Waals surface area contributed by atoms with E-state index in [1.54, 1.807) is 24.3 Å². The van der Waals surface area contributed by atoms with Crippen LogP contribution in [-0.4, -0.2) is 0 Å². The summed E-state index contributed by atoms with van der Waals surface area (Å²) < 4.78 is 0. The van der Waals surface area contributed by atoms with Crippen molar-refractivity contribution in [2.24, 2.45) is 15.7 Å². The van der Waals surface area contributed by atoms with Crippen molar-refractivity contribution >= 4 is 11.4 Å². The van der Waals surface area contributed by atoms with Crippen LogP contribution >= 0.6 is 0 Å². The van der Waals surface area contributed by atoms with Gasteiger partial charge in [0.2, 0.25) is 0 Å². The molecular weight excluding hydrogens is 230 g/mol. The van der Waals surface area contributed by atoms with Gasteiger partial charge in [0.15, 0.2) is 0 Å². The second kappa shape index (κ2) is 6.09. The molecule has 0 spiro atoms. The Morgan fingerprint density at radius 2 is 1.50 bits per heavy atom. The molecule has 0 saturated heterocycles. The zero-order valence-corrected chi connectivity index (χ0v) is 9.47. The van der Waals surface area contributed by atoms with E-state index in [0.717, 1.165) is 10.8 Å². The zero-order valence-electron chi connectivity index (χ0n) is 9.47. The molecular formula is C12H11N5O. The molecule has 0 aliphatic carbocycles. The maximum Gasteiger partial charge on any atom is 0.0908 e. The number of anilines is 2. The minimum atomic E-state index is 0.547. The van der Waals surface area contributed by atoms with Gasteiger partial charge in [-0.05, 0) is 34.7 Å². The fourth-order valence-electron chi connectivity index (χ4n) is 1.31. The van der Waals surface area contributed by atoms with E-state index in [1.807, 2.05) is 36.4 Å². The Morgan fingerprint density at radius 3 is 2.11 bits per heavy atom. The van der Waals surface area contributed by atoms with E-state index in [9.17, 15) is 4.91 Å². The molecule has 2 aromatic carbocycles. The third-order valence-electron chi connectivity index (χ3n) is 2.15. The Morgan fingerprint density at radius 1 is 0.889 bits per heavy atom. The standard InChI is InChI=1S/C12H11N5O/c18-16-17(12-9-5-2-6-10-12)15-14-13-11-7-3-1-4-8-11/h1-10H,(H,13,15). The minimum Gasteiger partial charge on any atom is -0.258 e. The number of nitrogens with zero attached hydrogens (tertiary/aromatic N) is 4. The summed E-state index contributed by atoms with van der Waals surface area (Å²) in [6, 6.07) is 18.1. The van der Waals surface area contributed by atoms with Crippen molar-refractivity contribution in [3.8, 4) is 0 Å². The second-order valence-corrected chi connectivity index (χ2v) is 3.37. The van der Waals surface area contributed by atoms with Crippen LogP contribution < -0.4 is 10.5 Å². The largest absolute Gasteiger partial charge is 0.258 e. The highest BCUT2D eigenvalue weighted by atomic mass is 16.3. The van der Waals surface area contributed by atoms with Crippen molar-refractivity contribution in [1.82, 2.24) is 0 Å². The van der Waals surface area contributed by atoms with Gasteiger partial charge in [0.1, 0.15) is 0 Å². The topological polar surface area (TPSA) is 69.4 Å². The van der Waals surface area contributed by atoms with Gasteiger partial charge in [-0.3, -0.25) is 5.43 Å². The van der Waals surface area contributed by atoms with Crippen molar-refractivity contribution in [2.45, 2.75) is 0 Å². The fourth-order valence-corrected chi connectivity index (χ4v) is 1.31. The molecule has 2 aromatic rings. The summed E-state index contributed by atoms with van der Waals surface area (Å²) in [5.74, 6) is 0. The van der Waals surface area contributed by atoms with Gasteiger partial charge in [0.25, 0.3) is 0 Å². The first-order valence-electron chi connectivity index (χ1n) is 5.30. The van der Waals surface area contributed by atoms with Crippen molar-refractivity contribution in [2.75, 3.05) is 10.5 Å². The highest BCUT2D eigenvalue weighted by Gasteiger charge is 2.02. The lowest BCUT2D eigenvalue weighted by Crippen LogP contribution is -2.05. The average molecular weight is 241 g/mol. The first-order valence-corrected chi connectivity index (χ1v) is 5.30. The number of nitroso groups, excluding NO2 is 1. The van der Waals surface area contributed by atoms with Gasteiger partial charge >= 0.3 is 0 Å². The second-order valence-electron chi connectivity index (χ2n) is 3.37. The lowest BCUT2D eigenvalue weighted by atomic mass is 10.3. The lowest BCUT2D eigenvalue weighted by molar-refractivity contribution is 0.831. The predicted molar refractivity (Wildman–Crippen MR) is 69.6 cm³/mol. The number of hydrogen-bond donors (Lipinski definition) is 1. The monoisotopic (exact) mass is 241 g/mol. The molecule has 0 saturated carbocycles. The highest BCUT2D eigenvalue weighted by Crippen LogP contribution is 2.14. The van der Waals surface area contributed by atoms with Crippen LogP contribution in [0.2, 0.25) is 0 Å². The van der Waals surface area contributed by atoms with Gasteiger partial charge in [-0.1, -0.05) is 41.5 Å². The molecule has 0 unspecified atom stereocenters. The summed E-state index contributed by atoms with van der Waals surface area (Å²) in [6.45, 7) is 0. The van der Waals surface area contributed by atoms with E-state index in [-0.39, 0.29) is 0 Å². The third-order valence-corrected chi connectivity index (χ3v) is 2.15. The van der Waals surface area contributed by atoms with Crippen LogP contribution in [0.25, 0.3) is 0 Å². The summed E-state index contributed by atoms with van der Waals surface area (Å²) >= 11 is 0. The van der Waals surface area contributed by atoms with Gasteiger partial charge in [-0.2, -0.15) is 0 Å². The van der Waals surface area contributed by atoms with Crippen molar-refractivity contribution in [3.05, 3.63) is 65.6 Å². The van der Waals surface area contributed by atoms with Crippen molar-refractivity contribution in [1.29, 1.82) is 0 Å². The van der Waals surface area contributed by atoms with Crippen LogP contribution in [-0.2, 0) is 0 Å². The van der Waals surface area contributed by atoms with Crippen molar-refractivity contribution in [3.63, 3.8) is 0 Å². The molecule has 2 rings (SSSR count). The minimum absolute atomic E-state index is 0.547. The van der Waals surface area contributed by atoms with E-state index in [2.05, 4.69) is 21.2 Å². The van der Waals surface area contributed by atoms with E-state index in [0.29, 0.717) is 5.69 Å². The van der Waals surface area contributed by atoms with Gasteiger partial charge in [0.05, 0.1) is 16.7 Å². The molecule has 1 N–H and O–H groups in total. The Balaban J connectivity index is 2.01. The van der Waals surface area contributed by atoms with Gasteiger partial charge < -0.3 is 0 Å². The van der Waals surface area contributed by atoms with Crippen molar-refractivity contribution < 1.29 is 0 Å². The molecule has 0 aliphatic heterocycles. The Labute approximate surface area is 104 Å². The number of nitrogens with one attached hydrogen (secondary N) is 1. The fraction of sp³-hybridized carbons (Fsp3) is 0. The Bertz CT molecular complexity index is 515. The quantitative estimate of drug-likeness (QED) is 0.494. The van der Waals surface area contributed by atoms with Gasteiger partial charge in [-0.15, -0.1) is 4.91 Å². The molecule has 0 atom stereocenters. The van der Waals surface area contributed by atoms with Crippen LogP contribution in [0.3, 0.4) is 0 Å². The molecule has 90 valence electrons. The first kappa shape index (κ1) is 11.7. The highest BCUT2D eigenvalue weighted by molar-refractivity contribution is 5.44. The van der Waals surface area contributed by atoms with E-state index in [1.165, 1.54) is 0 Å². The molecule has 6 heteroatoms. The first-order chi connectivity index (χ1) is 8.90. The number of hydrogen-bond acceptors (Lipinski definition) is 4. The van der Waals surface area contributed by atoms with Crippen LogP contribution in [0.5, 0.6) is 0 Å². The maximum absolute atomic E-state index is 10.6. The van der Waals surface area contributed by atoms with Gasteiger partial charge in [-0.25, -0.2) is 0 Å². The Kier molecular flexibility index (Phi) is 3.97. The molecule has 0 heterocycles. The predicted octanol–water partition coefficient (Wildman–Crippen LogP) is 3.57. The smallest absolute Gasteiger partial charge is 0.0908 e. The molecule has 0 aliphatic rings. The molecule has 6 nitrogen and oxygen atoms in total. The third kappa shape index (κ3) is 3.11. The van der Waals surface area contributed by atoms with E-state index < -0.39 is 0 Å². The Hall–Kier alpha value is -2.76. The summed E-state index contributed by atoms with van der Waals surface area (Å²) in [5, 5.41) is 11.0. The van der Waals surface area contributed by atoms with Crippen LogP contribution in [0.1, 0.15) is 0 Å².